The molecule has 142 valence electrons. The maximum atomic E-state index is 13.4. The zero-order valence-corrected chi connectivity index (χ0v) is 14.4. The molecule has 3 nitrogen and oxygen atoms in total. The maximum absolute atomic E-state index is 13.4. The van der Waals surface area contributed by atoms with E-state index in [0.717, 1.165) is 22.9 Å². The molecule has 0 aliphatic rings. The molecule has 0 fully saturated rings. The van der Waals surface area contributed by atoms with Crippen molar-refractivity contribution in [3.05, 3.63) is 82.7 Å². The fourth-order valence-corrected chi connectivity index (χ4v) is 2.67. The van der Waals surface area contributed by atoms with Crippen molar-refractivity contribution >= 4 is 11.6 Å². The highest BCUT2D eigenvalue weighted by Gasteiger charge is 2.35. The minimum atomic E-state index is -4.56. The molecular formula is C20H12F5N3. The lowest BCUT2D eigenvalue weighted by atomic mass is 10.0. The number of rotatable bonds is 3. The first-order valence-electron chi connectivity index (χ1n) is 8.00. The van der Waals surface area contributed by atoms with Crippen LogP contribution in [-0.4, -0.2) is 9.78 Å². The van der Waals surface area contributed by atoms with E-state index in [1.54, 1.807) is 0 Å². The van der Waals surface area contributed by atoms with Gasteiger partial charge in [-0.2, -0.15) is 23.5 Å². The summed E-state index contributed by atoms with van der Waals surface area (Å²) < 4.78 is 66.9. The zero-order valence-electron chi connectivity index (χ0n) is 14.4. The van der Waals surface area contributed by atoms with E-state index in [-0.39, 0.29) is 22.5 Å². The third-order valence-corrected chi connectivity index (χ3v) is 3.86. The van der Waals surface area contributed by atoms with Gasteiger partial charge in [0.1, 0.15) is 17.3 Å². The van der Waals surface area contributed by atoms with Gasteiger partial charge in [0, 0.05) is 6.07 Å². The fraction of sp³-hybridized carbons (Fsp3) is 0.100. The quantitative estimate of drug-likeness (QED) is 0.335. The van der Waals surface area contributed by atoms with E-state index in [2.05, 4.69) is 5.10 Å². The lowest BCUT2D eigenvalue weighted by Gasteiger charge is -2.10. The Balaban J connectivity index is 1.97. The fourth-order valence-electron chi connectivity index (χ4n) is 2.67. The molecule has 0 bridgehead atoms. The smallest absolute Gasteiger partial charge is 0.228 e. The second kappa shape index (κ2) is 7.27. The van der Waals surface area contributed by atoms with Crippen LogP contribution >= 0.6 is 0 Å². The molecule has 1 heterocycles. The summed E-state index contributed by atoms with van der Waals surface area (Å²) in [6, 6.07) is 11.3. The van der Waals surface area contributed by atoms with Crippen molar-refractivity contribution in [1.82, 2.24) is 9.78 Å². The van der Waals surface area contributed by atoms with Gasteiger partial charge in [-0.05, 0) is 54.5 Å². The molecule has 28 heavy (non-hydrogen) atoms. The minimum absolute atomic E-state index is 0.0112. The van der Waals surface area contributed by atoms with Crippen LogP contribution < -0.4 is 0 Å². The van der Waals surface area contributed by atoms with Gasteiger partial charge in [-0.1, -0.05) is 12.1 Å². The van der Waals surface area contributed by atoms with Gasteiger partial charge < -0.3 is 0 Å². The third kappa shape index (κ3) is 4.09. The second-order valence-corrected chi connectivity index (χ2v) is 6.00. The molecule has 0 saturated carbocycles. The number of hydrogen-bond donors (Lipinski definition) is 0. The number of aryl methyl sites for hydroxylation is 1. The van der Waals surface area contributed by atoms with Gasteiger partial charge in [-0.25, -0.2) is 13.5 Å². The van der Waals surface area contributed by atoms with E-state index in [4.69, 9.17) is 0 Å². The van der Waals surface area contributed by atoms with Crippen molar-refractivity contribution in [3.8, 4) is 11.8 Å². The number of allylic oxidation sites excluding steroid dienone is 1. The van der Waals surface area contributed by atoms with Crippen LogP contribution in [0.1, 0.15) is 22.5 Å². The summed E-state index contributed by atoms with van der Waals surface area (Å²) in [5.74, 6) is -1.64. The van der Waals surface area contributed by atoms with Crippen LogP contribution in [-0.2, 0) is 6.18 Å². The van der Waals surface area contributed by atoms with E-state index < -0.39 is 23.5 Å². The zero-order chi connectivity index (χ0) is 20.5. The van der Waals surface area contributed by atoms with Crippen molar-refractivity contribution in [3.63, 3.8) is 0 Å². The molecule has 0 N–H and O–H groups in total. The number of hydrogen-bond acceptors (Lipinski definition) is 2. The van der Waals surface area contributed by atoms with Crippen LogP contribution in [0, 0.1) is 29.9 Å². The number of halogens is 5. The lowest BCUT2D eigenvalue weighted by molar-refractivity contribution is -0.142. The summed E-state index contributed by atoms with van der Waals surface area (Å²) in [5.41, 5.74) is 0.0518. The van der Waals surface area contributed by atoms with Crippen molar-refractivity contribution in [2.45, 2.75) is 13.1 Å². The number of benzene rings is 2. The first-order chi connectivity index (χ1) is 13.2. The Hall–Kier alpha value is -3.47. The van der Waals surface area contributed by atoms with Crippen LogP contribution in [0.4, 0.5) is 22.0 Å². The first-order valence-corrected chi connectivity index (χ1v) is 8.00. The number of nitriles is 1. The van der Waals surface area contributed by atoms with Crippen LogP contribution in [0.15, 0.2) is 48.5 Å². The highest BCUT2D eigenvalue weighted by atomic mass is 19.4. The average molecular weight is 389 g/mol. The molecule has 0 saturated heterocycles. The van der Waals surface area contributed by atoms with Gasteiger partial charge in [0.05, 0.1) is 23.0 Å². The highest BCUT2D eigenvalue weighted by molar-refractivity contribution is 5.89. The first kappa shape index (κ1) is 19.3. The summed E-state index contributed by atoms with van der Waals surface area (Å²) in [6.45, 7) is 1.46. The van der Waals surface area contributed by atoms with E-state index in [1.165, 1.54) is 37.3 Å². The lowest BCUT2D eigenvalue weighted by Crippen LogP contribution is -2.13. The van der Waals surface area contributed by atoms with Gasteiger partial charge in [-0.15, -0.1) is 0 Å². The molecule has 3 rings (SSSR count). The summed E-state index contributed by atoms with van der Waals surface area (Å²) in [7, 11) is 0. The Kier molecular flexibility index (Phi) is 5.01. The molecule has 0 amide bonds. The van der Waals surface area contributed by atoms with Crippen molar-refractivity contribution in [2.24, 2.45) is 0 Å². The van der Waals surface area contributed by atoms with Crippen LogP contribution in [0.5, 0.6) is 0 Å². The Morgan fingerprint density at radius 3 is 2.18 bits per heavy atom. The second-order valence-electron chi connectivity index (χ2n) is 6.00. The number of alkyl halides is 3. The molecule has 0 radical (unpaired) electrons. The molecular weight excluding hydrogens is 377 g/mol. The summed E-state index contributed by atoms with van der Waals surface area (Å²) >= 11 is 0. The van der Waals surface area contributed by atoms with Gasteiger partial charge in [0.15, 0.2) is 0 Å². The molecule has 8 heteroatoms. The van der Waals surface area contributed by atoms with Crippen LogP contribution in [0.2, 0.25) is 0 Å². The third-order valence-electron chi connectivity index (χ3n) is 3.86. The molecule has 0 aliphatic carbocycles. The Morgan fingerprint density at radius 2 is 1.64 bits per heavy atom. The Bertz CT molecular complexity index is 1070. The normalized spacial score (nSPS) is 12.1. The Morgan fingerprint density at radius 1 is 1.04 bits per heavy atom. The molecule has 0 atom stereocenters. The standard InChI is InChI=1S/C20H12F5N3/c1-12-6-19(20(23,24)25)28(27-12)18-4-2-13(3-5-18)7-15(11-26)14-8-16(21)10-17(22)9-14/h2-10H,1H3/b15-7+. The van der Waals surface area contributed by atoms with Crippen molar-refractivity contribution in [1.29, 1.82) is 5.26 Å². The molecule has 0 aliphatic heterocycles. The van der Waals surface area contributed by atoms with E-state index in [0.29, 0.717) is 11.6 Å². The Labute approximate surface area is 157 Å². The van der Waals surface area contributed by atoms with Crippen molar-refractivity contribution in [2.75, 3.05) is 0 Å². The maximum Gasteiger partial charge on any atom is 0.433 e. The largest absolute Gasteiger partial charge is 0.433 e. The SMILES string of the molecule is Cc1cc(C(F)(F)F)n(-c2ccc(/C=C(\C#N)c3cc(F)cc(F)c3)cc2)n1. The van der Waals surface area contributed by atoms with Gasteiger partial charge >= 0.3 is 6.18 Å². The molecule has 0 spiro atoms. The summed E-state index contributed by atoms with van der Waals surface area (Å²) in [6.07, 6.45) is -3.17. The van der Waals surface area contributed by atoms with E-state index >= 15 is 0 Å². The van der Waals surface area contributed by atoms with Crippen LogP contribution in [0.25, 0.3) is 17.3 Å². The summed E-state index contributed by atoms with van der Waals surface area (Å²) in [4.78, 5) is 0. The predicted molar refractivity (Wildman–Crippen MR) is 93.1 cm³/mol. The minimum Gasteiger partial charge on any atom is -0.228 e. The van der Waals surface area contributed by atoms with E-state index in [1.807, 2.05) is 6.07 Å². The van der Waals surface area contributed by atoms with Gasteiger partial charge in [-0.3, -0.25) is 0 Å². The average Bonchev–Trinajstić information content (AvgIpc) is 3.01. The molecule has 1 aromatic heterocycles. The predicted octanol–water partition coefficient (Wildman–Crippen LogP) is 5.54. The van der Waals surface area contributed by atoms with Crippen LogP contribution in [0.3, 0.4) is 0 Å². The topological polar surface area (TPSA) is 41.6 Å². The van der Waals surface area contributed by atoms with Gasteiger partial charge in [0.2, 0.25) is 0 Å². The monoisotopic (exact) mass is 389 g/mol. The summed E-state index contributed by atoms with van der Waals surface area (Å²) in [5, 5.41) is 13.1. The molecule has 0 unspecified atom stereocenters. The number of nitrogens with zero attached hydrogens (tertiary/aromatic N) is 3. The molecule has 2 aromatic carbocycles. The van der Waals surface area contributed by atoms with E-state index in [9.17, 15) is 27.2 Å². The number of aromatic nitrogens is 2. The highest BCUT2D eigenvalue weighted by Crippen LogP contribution is 2.31. The van der Waals surface area contributed by atoms with Gasteiger partial charge in [0.25, 0.3) is 0 Å². The van der Waals surface area contributed by atoms with Crippen molar-refractivity contribution < 1.29 is 22.0 Å². The molecule has 3 aromatic rings.